The van der Waals surface area contributed by atoms with E-state index in [-0.39, 0.29) is 12.6 Å². The fraction of sp³-hybridized carbons (Fsp3) is 0.969. The Balaban J connectivity index is 0. The van der Waals surface area contributed by atoms with Crippen LogP contribution in [0.3, 0.4) is 0 Å². The van der Waals surface area contributed by atoms with Crippen LogP contribution in [0.15, 0.2) is 0 Å². The average molecular weight is 611 g/mol. The van der Waals surface area contributed by atoms with Gasteiger partial charge in [0.25, 0.3) is 0 Å². The van der Waals surface area contributed by atoms with Crippen molar-refractivity contribution in [2.75, 3.05) is 59.5 Å². The number of aliphatic hydroxyl groups is 8. The molecule has 0 spiro atoms. The van der Waals surface area contributed by atoms with Crippen molar-refractivity contribution in [3.63, 3.8) is 0 Å². The molecule has 0 heterocycles. The molecule has 10 heteroatoms. The predicted octanol–water partition coefficient (Wildman–Crippen LogP) is 3.23. The van der Waals surface area contributed by atoms with Gasteiger partial charge in [-0.25, -0.2) is 0 Å². The number of hydrogen-bond donors (Lipinski definition) is 8. The van der Waals surface area contributed by atoms with E-state index in [9.17, 15) is 20.1 Å². The molecule has 0 aromatic carbocycles. The maximum Gasteiger partial charge on any atom is 0.305 e. The Morgan fingerprint density at radius 3 is 0.881 bits per heavy atom. The molecule has 0 aromatic heterocycles. The molecule has 42 heavy (non-hydrogen) atoms. The number of hydrogen-bond acceptors (Lipinski definition) is 10. The Hall–Kier alpha value is -0.850. The number of carbonyl (C=O) groups excluding carboxylic acids is 1. The number of carbonyl (C=O) groups is 1. The Kier molecular flexibility index (Phi) is 32.5. The highest BCUT2D eigenvalue weighted by Crippen LogP contribution is 2.17. The van der Waals surface area contributed by atoms with E-state index in [1.807, 2.05) is 0 Å². The van der Waals surface area contributed by atoms with Gasteiger partial charge in [-0.15, -0.1) is 0 Å². The Morgan fingerprint density at radius 1 is 0.381 bits per heavy atom. The van der Waals surface area contributed by atoms with Crippen LogP contribution in [0.1, 0.15) is 128 Å². The minimum absolute atomic E-state index is 0.151. The second-order valence-electron chi connectivity index (χ2n) is 12.0. The molecule has 10 nitrogen and oxygen atoms in total. The van der Waals surface area contributed by atoms with Crippen molar-refractivity contribution in [3.8, 4) is 0 Å². The van der Waals surface area contributed by atoms with E-state index in [4.69, 9.17) is 30.3 Å². The first-order chi connectivity index (χ1) is 20.4. The van der Waals surface area contributed by atoms with Crippen molar-refractivity contribution in [2.45, 2.75) is 128 Å². The number of esters is 1. The normalized spacial score (nSPS) is 11.8. The largest absolute Gasteiger partial charge is 0.465 e. The molecule has 8 N–H and O–H groups in total. The molecule has 254 valence electrons. The molecule has 0 saturated carbocycles. The third-order valence-corrected chi connectivity index (χ3v) is 7.93. The van der Waals surface area contributed by atoms with E-state index in [0.29, 0.717) is 13.0 Å². The number of ether oxygens (including phenoxy) is 1. The summed E-state index contributed by atoms with van der Waals surface area (Å²) in [5.41, 5.74) is -2.25. The summed E-state index contributed by atoms with van der Waals surface area (Å²) in [4.78, 5) is 11.8. The van der Waals surface area contributed by atoms with Crippen LogP contribution in [0.4, 0.5) is 0 Å². The van der Waals surface area contributed by atoms with Crippen LogP contribution < -0.4 is 0 Å². The summed E-state index contributed by atoms with van der Waals surface area (Å²) in [7, 11) is 0. The highest BCUT2D eigenvalue weighted by molar-refractivity contribution is 5.69. The average Bonchev–Trinajstić information content (AvgIpc) is 3.02. The smallest absolute Gasteiger partial charge is 0.305 e. The monoisotopic (exact) mass is 610 g/mol. The molecule has 0 unspecified atom stereocenters. The van der Waals surface area contributed by atoms with Crippen molar-refractivity contribution in [1.82, 2.24) is 0 Å². The molecule has 0 rings (SSSR count). The molecule has 0 bridgehead atoms. The molecule has 0 radical (unpaired) electrons. The van der Waals surface area contributed by atoms with Crippen LogP contribution in [0.2, 0.25) is 0 Å². The van der Waals surface area contributed by atoms with Gasteiger partial charge in [0.05, 0.1) is 57.1 Å². The minimum atomic E-state index is -1.14. The molecular weight excluding hydrogens is 544 g/mol. The lowest BCUT2D eigenvalue weighted by atomic mass is 9.93. The van der Waals surface area contributed by atoms with Crippen molar-refractivity contribution >= 4 is 5.97 Å². The zero-order valence-electron chi connectivity index (χ0n) is 26.4. The lowest BCUT2D eigenvalue weighted by molar-refractivity contribution is -0.151. The summed E-state index contributed by atoms with van der Waals surface area (Å²) in [6.45, 7) is -2.68. The van der Waals surface area contributed by atoms with Gasteiger partial charge in [-0.2, -0.15) is 0 Å². The predicted molar refractivity (Wildman–Crippen MR) is 165 cm³/mol. The summed E-state index contributed by atoms with van der Waals surface area (Å²) in [5, 5.41) is 70.4. The van der Waals surface area contributed by atoms with Gasteiger partial charge in [-0.1, -0.05) is 109 Å². The minimum Gasteiger partial charge on any atom is -0.465 e. The molecule has 0 aromatic rings. The highest BCUT2D eigenvalue weighted by Gasteiger charge is 2.30. The van der Waals surface area contributed by atoms with E-state index in [1.54, 1.807) is 0 Å². The fourth-order valence-electron chi connectivity index (χ4n) is 4.28. The first kappa shape index (κ1) is 43.3. The van der Waals surface area contributed by atoms with Gasteiger partial charge in [0.1, 0.15) is 6.61 Å². The molecule has 0 aliphatic carbocycles. The molecule has 0 amide bonds. The summed E-state index contributed by atoms with van der Waals surface area (Å²) in [6, 6.07) is 0. The summed E-state index contributed by atoms with van der Waals surface area (Å²) in [6.07, 6.45) is 24.2. The number of rotatable bonds is 30. The van der Waals surface area contributed by atoms with E-state index in [1.165, 1.54) is 96.3 Å². The Labute approximate surface area is 255 Å². The van der Waals surface area contributed by atoms with Gasteiger partial charge in [0.2, 0.25) is 0 Å². The molecule has 0 saturated heterocycles. The number of unbranched alkanes of at least 4 members (excludes halogenated alkanes) is 18. The first-order valence-corrected chi connectivity index (χ1v) is 16.4. The van der Waals surface area contributed by atoms with Gasteiger partial charge >= 0.3 is 5.97 Å². The fourth-order valence-corrected chi connectivity index (χ4v) is 4.28. The van der Waals surface area contributed by atoms with Gasteiger partial charge in [-0.3, -0.25) is 4.79 Å². The highest BCUT2D eigenvalue weighted by atomic mass is 16.5. The summed E-state index contributed by atoms with van der Waals surface area (Å²) < 4.78 is 5.09. The third kappa shape index (κ3) is 24.6. The maximum atomic E-state index is 11.8. The molecule has 0 aliphatic rings. The third-order valence-electron chi connectivity index (χ3n) is 7.93. The first-order valence-electron chi connectivity index (χ1n) is 16.4. The van der Waals surface area contributed by atoms with Crippen LogP contribution in [0.5, 0.6) is 0 Å². The van der Waals surface area contributed by atoms with Gasteiger partial charge in [0.15, 0.2) is 0 Å². The molecule has 0 aliphatic heterocycles. The lowest BCUT2D eigenvalue weighted by Crippen LogP contribution is -2.39. The standard InChI is InChI=1S/C27H54O6.C5H12O4/c28-21-19-17-15-13-11-9-7-5-3-1-2-4-6-8-10-12-14-16-18-20-26(32)33-25-27(22-29,23-30)24-31;6-1-5(2-7,3-8)4-9/h28-31H,1-25H2;6-9H,1-4H2. The topological polar surface area (TPSA) is 188 Å². The van der Waals surface area contributed by atoms with Crippen LogP contribution >= 0.6 is 0 Å². The van der Waals surface area contributed by atoms with Crippen LogP contribution in [0.25, 0.3) is 0 Å². The van der Waals surface area contributed by atoms with Crippen molar-refractivity contribution in [1.29, 1.82) is 0 Å². The van der Waals surface area contributed by atoms with Crippen LogP contribution in [0, 0.1) is 10.8 Å². The summed E-state index contributed by atoms with van der Waals surface area (Å²) >= 11 is 0. The molecule has 0 fully saturated rings. The lowest BCUT2D eigenvalue weighted by Gasteiger charge is -2.26. The second-order valence-corrected chi connectivity index (χ2v) is 12.0. The van der Waals surface area contributed by atoms with E-state index < -0.39 is 57.1 Å². The van der Waals surface area contributed by atoms with E-state index in [0.717, 1.165) is 25.7 Å². The van der Waals surface area contributed by atoms with E-state index >= 15 is 0 Å². The van der Waals surface area contributed by atoms with Crippen LogP contribution in [-0.2, 0) is 9.53 Å². The van der Waals surface area contributed by atoms with Crippen molar-refractivity contribution in [3.05, 3.63) is 0 Å². The van der Waals surface area contributed by atoms with E-state index in [2.05, 4.69) is 0 Å². The van der Waals surface area contributed by atoms with Gasteiger partial charge < -0.3 is 45.6 Å². The van der Waals surface area contributed by atoms with Gasteiger partial charge in [-0.05, 0) is 12.8 Å². The quantitative estimate of drug-likeness (QED) is 0.0443. The van der Waals surface area contributed by atoms with Crippen molar-refractivity contribution in [2.24, 2.45) is 10.8 Å². The zero-order valence-corrected chi connectivity index (χ0v) is 26.4. The second kappa shape index (κ2) is 31.6. The van der Waals surface area contributed by atoms with Gasteiger partial charge in [0, 0.05) is 13.0 Å². The van der Waals surface area contributed by atoms with Crippen LogP contribution in [-0.4, -0.2) is 106 Å². The molecular formula is C32H66O10. The molecule has 0 atom stereocenters. The summed E-state index contributed by atoms with van der Waals surface area (Å²) in [5.74, 6) is -0.330. The number of aliphatic hydroxyl groups excluding tert-OH is 8. The van der Waals surface area contributed by atoms with Crippen molar-refractivity contribution < 1.29 is 50.4 Å². The maximum absolute atomic E-state index is 11.8. The SMILES string of the molecule is O=C(CCCCCCCCCCCCCCCCCCCCCO)OCC(CO)(CO)CO.OCC(CO)(CO)CO. The Bertz CT molecular complexity index is 528. The zero-order chi connectivity index (χ0) is 31.8. The Morgan fingerprint density at radius 2 is 0.643 bits per heavy atom.